The number of hydrogen-bond donors (Lipinski definition) is 1. The van der Waals surface area contributed by atoms with Crippen molar-refractivity contribution >= 4 is 22.9 Å². The summed E-state index contributed by atoms with van der Waals surface area (Å²) in [6, 6.07) is 2.39. The van der Waals surface area contributed by atoms with Crippen LogP contribution in [-0.2, 0) is 9.47 Å². The number of unbranched alkanes of at least 4 members (excludes halogenated alkanes) is 1. The van der Waals surface area contributed by atoms with E-state index in [2.05, 4.69) is 17.6 Å². The van der Waals surface area contributed by atoms with Crippen LogP contribution >= 0.6 is 22.9 Å². The lowest BCUT2D eigenvalue weighted by Crippen LogP contribution is -2.19. The molecule has 0 aliphatic heterocycles. The summed E-state index contributed by atoms with van der Waals surface area (Å²) in [4.78, 5) is 0. The van der Waals surface area contributed by atoms with Gasteiger partial charge < -0.3 is 14.8 Å². The van der Waals surface area contributed by atoms with Crippen molar-refractivity contribution in [3.8, 4) is 0 Å². The van der Waals surface area contributed by atoms with Gasteiger partial charge in [0.2, 0.25) is 0 Å². The Morgan fingerprint density at radius 1 is 1.33 bits per heavy atom. The van der Waals surface area contributed by atoms with E-state index in [9.17, 15) is 0 Å². The van der Waals surface area contributed by atoms with Crippen LogP contribution < -0.4 is 5.32 Å². The summed E-state index contributed by atoms with van der Waals surface area (Å²) in [5.41, 5.74) is 1.27. The van der Waals surface area contributed by atoms with E-state index in [0.29, 0.717) is 19.3 Å². The molecule has 104 valence electrons. The second-order valence-corrected chi connectivity index (χ2v) is 5.71. The normalized spacial score (nSPS) is 12.8. The molecule has 1 aromatic heterocycles. The molecule has 0 radical (unpaired) electrons. The Balaban J connectivity index is 1.97. The van der Waals surface area contributed by atoms with Gasteiger partial charge in [0.05, 0.1) is 17.6 Å². The first-order chi connectivity index (χ1) is 8.74. The number of methoxy groups -OCH3 is 1. The van der Waals surface area contributed by atoms with Crippen LogP contribution in [0.4, 0.5) is 0 Å². The summed E-state index contributed by atoms with van der Waals surface area (Å²) >= 11 is 7.49. The fourth-order valence-corrected chi connectivity index (χ4v) is 2.54. The minimum Gasteiger partial charge on any atom is -0.382 e. The van der Waals surface area contributed by atoms with Crippen molar-refractivity contribution in [3.63, 3.8) is 0 Å². The van der Waals surface area contributed by atoms with E-state index >= 15 is 0 Å². The summed E-state index contributed by atoms with van der Waals surface area (Å²) in [5.74, 6) is 0. The predicted molar refractivity (Wildman–Crippen MR) is 77.7 cm³/mol. The van der Waals surface area contributed by atoms with Crippen LogP contribution in [0.2, 0.25) is 4.34 Å². The molecule has 1 aromatic rings. The lowest BCUT2D eigenvalue weighted by atomic mass is 10.2. The smallest absolute Gasteiger partial charge is 0.0931 e. The predicted octanol–water partition coefficient (Wildman–Crippen LogP) is 3.50. The van der Waals surface area contributed by atoms with Crippen molar-refractivity contribution in [1.82, 2.24) is 5.32 Å². The van der Waals surface area contributed by atoms with Gasteiger partial charge in [0.1, 0.15) is 0 Å². The fourth-order valence-electron chi connectivity index (χ4n) is 1.56. The maximum Gasteiger partial charge on any atom is 0.0931 e. The van der Waals surface area contributed by atoms with Gasteiger partial charge in [0.15, 0.2) is 0 Å². The Hall–Kier alpha value is -0.130. The lowest BCUT2D eigenvalue weighted by Gasteiger charge is -2.12. The van der Waals surface area contributed by atoms with Gasteiger partial charge in [-0.3, -0.25) is 0 Å². The standard InChI is InChI=1S/C13H22ClNO2S/c1-11(12-9-13(14)18-10-12)15-5-3-4-6-17-8-7-16-2/h9-11,15H,3-8H2,1-2H3. The molecule has 1 atom stereocenters. The average Bonchev–Trinajstić information content (AvgIpc) is 2.79. The molecular weight excluding hydrogens is 270 g/mol. The van der Waals surface area contributed by atoms with Crippen LogP contribution in [0.3, 0.4) is 0 Å². The van der Waals surface area contributed by atoms with Gasteiger partial charge in [0.25, 0.3) is 0 Å². The number of hydrogen-bond acceptors (Lipinski definition) is 4. The number of ether oxygens (including phenoxy) is 2. The molecule has 0 saturated carbocycles. The Labute approximate surface area is 118 Å². The maximum atomic E-state index is 5.91. The third kappa shape index (κ3) is 6.71. The van der Waals surface area contributed by atoms with E-state index in [1.165, 1.54) is 5.56 Å². The van der Waals surface area contributed by atoms with Crippen LogP contribution in [0.15, 0.2) is 11.4 Å². The topological polar surface area (TPSA) is 30.5 Å². The first-order valence-corrected chi connectivity index (χ1v) is 7.53. The molecule has 1 unspecified atom stereocenters. The van der Waals surface area contributed by atoms with E-state index in [-0.39, 0.29) is 0 Å². The van der Waals surface area contributed by atoms with Gasteiger partial charge in [-0.05, 0) is 43.3 Å². The van der Waals surface area contributed by atoms with Gasteiger partial charge in [-0.2, -0.15) is 0 Å². The third-order valence-corrected chi connectivity index (χ3v) is 3.79. The fraction of sp³-hybridized carbons (Fsp3) is 0.692. The van der Waals surface area contributed by atoms with Gasteiger partial charge in [-0.25, -0.2) is 0 Å². The molecule has 1 N–H and O–H groups in total. The highest BCUT2D eigenvalue weighted by Crippen LogP contribution is 2.24. The van der Waals surface area contributed by atoms with Crippen LogP contribution in [0.5, 0.6) is 0 Å². The summed E-state index contributed by atoms with van der Waals surface area (Å²) in [6.45, 7) is 5.33. The van der Waals surface area contributed by atoms with Crippen LogP contribution in [0, 0.1) is 0 Å². The SMILES string of the molecule is COCCOCCCCNC(C)c1csc(Cl)c1. The minimum atomic E-state index is 0.364. The molecule has 18 heavy (non-hydrogen) atoms. The Bertz CT molecular complexity index is 320. The molecule has 0 spiro atoms. The molecule has 0 bridgehead atoms. The molecular formula is C13H22ClNO2S. The van der Waals surface area contributed by atoms with Gasteiger partial charge in [-0.15, -0.1) is 11.3 Å². The quantitative estimate of drug-likeness (QED) is 0.669. The Morgan fingerprint density at radius 3 is 2.83 bits per heavy atom. The molecule has 1 rings (SSSR count). The maximum absolute atomic E-state index is 5.91. The van der Waals surface area contributed by atoms with Crippen LogP contribution in [-0.4, -0.2) is 33.5 Å². The Morgan fingerprint density at radius 2 is 2.17 bits per heavy atom. The molecule has 5 heteroatoms. The largest absolute Gasteiger partial charge is 0.382 e. The van der Waals surface area contributed by atoms with Crippen LogP contribution in [0.25, 0.3) is 0 Å². The number of halogens is 1. The molecule has 0 fully saturated rings. The summed E-state index contributed by atoms with van der Waals surface area (Å²) in [7, 11) is 1.69. The molecule has 0 amide bonds. The van der Waals surface area contributed by atoms with Crippen molar-refractivity contribution in [3.05, 3.63) is 21.3 Å². The van der Waals surface area contributed by atoms with Gasteiger partial charge in [0, 0.05) is 19.8 Å². The zero-order valence-electron chi connectivity index (χ0n) is 11.1. The summed E-state index contributed by atoms with van der Waals surface area (Å²) < 4.78 is 11.2. The van der Waals surface area contributed by atoms with Crippen molar-refractivity contribution in [2.45, 2.75) is 25.8 Å². The number of rotatable bonds is 10. The third-order valence-electron chi connectivity index (χ3n) is 2.69. The number of nitrogens with one attached hydrogen (secondary N) is 1. The monoisotopic (exact) mass is 291 g/mol. The zero-order chi connectivity index (χ0) is 13.2. The van der Waals surface area contributed by atoms with Crippen molar-refractivity contribution in [2.24, 2.45) is 0 Å². The van der Waals surface area contributed by atoms with Gasteiger partial charge >= 0.3 is 0 Å². The van der Waals surface area contributed by atoms with E-state index in [1.54, 1.807) is 18.4 Å². The first kappa shape index (κ1) is 15.9. The molecule has 0 saturated heterocycles. The van der Waals surface area contributed by atoms with Crippen molar-refractivity contribution in [1.29, 1.82) is 0 Å². The minimum absolute atomic E-state index is 0.364. The van der Waals surface area contributed by atoms with E-state index < -0.39 is 0 Å². The van der Waals surface area contributed by atoms with E-state index in [0.717, 1.165) is 30.3 Å². The molecule has 0 aliphatic carbocycles. The van der Waals surface area contributed by atoms with Gasteiger partial charge in [-0.1, -0.05) is 11.6 Å². The lowest BCUT2D eigenvalue weighted by molar-refractivity contribution is 0.0687. The second-order valence-electron chi connectivity index (χ2n) is 4.17. The Kier molecular flexibility index (Phi) is 8.63. The van der Waals surface area contributed by atoms with Crippen molar-refractivity contribution in [2.75, 3.05) is 33.5 Å². The zero-order valence-corrected chi connectivity index (χ0v) is 12.6. The first-order valence-electron chi connectivity index (χ1n) is 6.28. The summed E-state index contributed by atoms with van der Waals surface area (Å²) in [6.07, 6.45) is 2.20. The highest BCUT2D eigenvalue weighted by molar-refractivity contribution is 7.14. The van der Waals surface area contributed by atoms with Crippen molar-refractivity contribution < 1.29 is 9.47 Å². The molecule has 0 aliphatic rings. The number of thiophene rings is 1. The second kappa shape index (κ2) is 9.75. The molecule has 3 nitrogen and oxygen atoms in total. The highest BCUT2D eigenvalue weighted by atomic mass is 35.5. The van der Waals surface area contributed by atoms with E-state index in [4.69, 9.17) is 21.1 Å². The average molecular weight is 292 g/mol. The van der Waals surface area contributed by atoms with E-state index in [1.807, 2.05) is 6.07 Å². The molecule has 1 heterocycles. The van der Waals surface area contributed by atoms with Crippen LogP contribution in [0.1, 0.15) is 31.4 Å². The summed E-state index contributed by atoms with van der Waals surface area (Å²) in [5, 5.41) is 5.59. The molecule has 0 aromatic carbocycles. The highest BCUT2D eigenvalue weighted by Gasteiger charge is 2.06.